The minimum absolute atomic E-state index is 0.0501. The van der Waals surface area contributed by atoms with Crippen LogP contribution in [0.15, 0.2) is 29.2 Å². The van der Waals surface area contributed by atoms with Crippen molar-refractivity contribution in [2.24, 2.45) is 0 Å². The Bertz CT molecular complexity index is 789. The fourth-order valence-corrected chi connectivity index (χ4v) is 3.20. The Morgan fingerprint density at radius 2 is 1.54 bits per heavy atom. The number of sulfonamides is 1. The highest BCUT2D eigenvalue weighted by atomic mass is 32.2. The van der Waals surface area contributed by atoms with Crippen LogP contribution in [0, 0.1) is 0 Å². The second-order valence-electron chi connectivity index (χ2n) is 8.34. The van der Waals surface area contributed by atoms with Crippen molar-refractivity contribution in [3.8, 4) is 0 Å². The van der Waals surface area contributed by atoms with E-state index >= 15 is 0 Å². The van der Waals surface area contributed by atoms with E-state index in [0.717, 1.165) is 0 Å². The van der Waals surface area contributed by atoms with Crippen molar-refractivity contribution in [2.75, 3.05) is 11.9 Å². The second-order valence-corrected chi connectivity index (χ2v) is 10.1. The first-order valence-corrected chi connectivity index (χ1v) is 10.3. The Labute approximate surface area is 167 Å². The fraction of sp³-hybridized carbons (Fsp3) is 0.579. The van der Waals surface area contributed by atoms with Gasteiger partial charge in [-0.25, -0.2) is 8.42 Å². The van der Waals surface area contributed by atoms with E-state index in [4.69, 9.17) is 9.47 Å². The summed E-state index contributed by atoms with van der Waals surface area (Å²) in [5.74, 6) is -0.992. The van der Waals surface area contributed by atoms with Gasteiger partial charge in [0.25, 0.3) is 0 Å². The van der Waals surface area contributed by atoms with Crippen LogP contribution >= 0.6 is 0 Å². The molecular weight excluding hydrogens is 384 g/mol. The minimum atomic E-state index is -4.02. The molecule has 0 saturated carbocycles. The maximum absolute atomic E-state index is 12.7. The van der Waals surface area contributed by atoms with Gasteiger partial charge in [-0.05, 0) is 65.8 Å². The van der Waals surface area contributed by atoms with Crippen LogP contribution in [0.1, 0.15) is 48.5 Å². The lowest BCUT2D eigenvalue weighted by molar-refractivity contribution is -0.159. The van der Waals surface area contributed by atoms with Gasteiger partial charge in [-0.3, -0.25) is 9.59 Å². The number of anilines is 1. The highest BCUT2D eigenvalue weighted by Gasteiger charge is 2.31. The molecule has 1 rings (SSSR count). The summed E-state index contributed by atoms with van der Waals surface area (Å²) in [5.41, 5.74) is -0.875. The maximum atomic E-state index is 12.7. The number of carbonyl (C=O) groups is 2. The Kier molecular flexibility index (Phi) is 7.75. The third kappa shape index (κ3) is 8.81. The van der Waals surface area contributed by atoms with Crippen molar-refractivity contribution in [1.29, 1.82) is 0 Å². The molecule has 0 bridgehead atoms. The summed E-state index contributed by atoms with van der Waals surface area (Å²) in [4.78, 5) is 23.5. The Balaban J connectivity index is 3.03. The molecular formula is C19H30N2O6S. The van der Waals surface area contributed by atoms with Crippen molar-refractivity contribution in [2.45, 2.75) is 70.6 Å². The summed E-state index contributed by atoms with van der Waals surface area (Å²) in [6, 6.07) is 4.39. The molecule has 0 radical (unpaired) electrons. The molecule has 8 nitrogen and oxygen atoms in total. The number of hydrogen-bond donors (Lipinski definition) is 2. The van der Waals surface area contributed by atoms with Gasteiger partial charge in [-0.15, -0.1) is 0 Å². The largest absolute Gasteiger partial charge is 0.459 e. The average molecular weight is 415 g/mol. The third-order valence-corrected chi connectivity index (χ3v) is 4.64. The Morgan fingerprint density at radius 3 is 1.96 bits per heavy atom. The van der Waals surface area contributed by atoms with Crippen LogP contribution in [0.5, 0.6) is 0 Å². The Morgan fingerprint density at radius 1 is 1.00 bits per heavy atom. The van der Waals surface area contributed by atoms with Crippen molar-refractivity contribution in [3.63, 3.8) is 0 Å². The molecule has 0 heterocycles. The van der Waals surface area contributed by atoms with E-state index in [2.05, 4.69) is 10.0 Å². The number of amides is 1. The van der Waals surface area contributed by atoms with E-state index in [0.29, 0.717) is 5.69 Å². The molecule has 2 N–H and O–H groups in total. The molecule has 0 fully saturated rings. The lowest BCUT2D eigenvalue weighted by Crippen LogP contribution is -2.48. The molecule has 1 amide bonds. The van der Waals surface area contributed by atoms with Crippen LogP contribution in [0.4, 0.5) is 5.69 Å². The van der Waals surface area contributed by atoms with Crippen molar-refractivity contribution in [3.05, 3.63) is 24.3 Å². The van der Waals surface area contributed by atoms with Gasteiger partial charge in [-0.2, -0.15) is 4.72 Å². The molecule has 28 heavy (non-hydrogen) atoms. The number of nitrogens with one attached hydrogen (secondary N) is 2. The zero-order valence-electron chi connectivity index (χ0n) is 17.5. The van der Waals surface area contributed by atoms with Crippen LogP contribution in [0.25, 0.3) is 0 Å². The van der Waals surface area contributed by atoms with E-state index in [1.807, 2.05) is 0 Å². The topological polar surface area (TPSA) is 111 Å². The number of rotatable bonds is 7. The molecule has 1 atom stereocenters. The normalized spacial score (nSPS) is 13.7. The van der Waals surface area contributed by atoms with Gasteiger partial charge >= 0.3 is 5.97 Å². The smallest absolute Gasteiger partial charge is 0.327 e. The quantitative estimate of drug-likeness (QED) is 0.663. The highest BCUT2D eigenvalue weighted by molar-refractivity contribution is 7.89. The number of carbonyl (C=O) groups excluding carboxylic acids is 2. The molecule has 1 aromatic carbocycles. The summed E-state index contributed by atoms with van der Waals surface area (Å²) in [5, 5.41) is 2.56. The first kappa shape index (κ1) is 24.1. The lowest BCUT2D eigenvalue weighted by atomic mass is 10.2. The maximum Gasteiger partial charge on any atom is 0.327 e. The van der Waals surface area contributed by atoms with Crippen LogP contribution in [-0.2, 0) is 29.1 Å². The van der Waals surface area contributed by atoms with Crippen LogP contribution in [0.3, 0.4) is 0 Å². The first-order chi connectivity index (χ1) is 12.6. The number of benzene rings is 1. The molecule has 9 heteroatoms. The van der Waals surface area contributed by atoms with Crippen LogP contribution in [0.2, 0.25) is 0 Å². The minimum Gasteiger partial charge on any atom is -0.459 e. The summed E-state index contributed by atoms with van der Waals surface area (Å²) >= 11 is 0. The van der Waals surface area contributed by atoms with E-state index < -0.39 is 33.2 Å². The number of hydrogen-bond acceptors (Lipinski definition) is 6. The average Bonchev–Trinajstić information content (AvgIpc) is 2.48. The van der Waals surface area contributed by atoms with Gasteiger partial charge in [0.1, 0.15) is 11.6 Å². The number of ether oxygens (including phenoxy) is 2. The van der Waals surface area contributed by atoms with Crippen molar-refractivity contribution >= 4 is 27.6 Å². The molecule has 0 spiro atoms. The van der Waals surface area contributed by atoms with Crippen molar-refractivity contribution < 1.29 is 27.5 Å². The third-order valence-electron chi connectivity index (χ3n) is 3.16. The van der Waals surface area contributed by atoms with E-state index in [1.54, 1.807) is 41.5 Å². The molecule has 0 aliphatic rings. The molecule has 158 valence electrons. The van der Waals surface area contributed by atoms with Gasteiger partial charge in [-0.1, -0.05) is 0 Å². The van der Waals surface area contributed by atoms with Crippen molar-refractivity contribution in [1.82, 2.24) is 4.72 Å². The molecule has 0 aromatic heterocycles. The Hall–Kier alpha value is -1.97. The van der Waals surface area contributed by atoms with Crippen LogP contribution < -0.4 is 10.0 Å². The first-order valence-electron chi connectivity index (χ1n) is 8.86. The van der Waals surface area contributed by atoms with Gasteiger partial charge in [0.15, 0.2) is 0 Å². The lowest BCUT2D eigenvalue weighted by Gasteiger charge is -2.27. The predicted molar refractivity (Wildman–Crippen MR) is 106 cm³/mol. The van der Waals surface area contributed by atoms with E-state index in [-0.39, 0.29) is 17.4 Å². The second kappa shape index (κ2) is 9.02. The fourth-order valence-electron chi connectivity index (χ4n) is 2.03. The molecule has 0 aliphatic carbocycles. The van der Waals surface area contributed by atoms with E-state index in [1.165, 1.54) is 31.2 Å². The highest BCUT2D eigenvalue weighted by Crippen LogP contribution is 2.17. The van der Waals surface area contributed by atoms with Gasteiger partial charge in [0, 0.05) is 12.6 Å². The summed E-state index contributed by atoms with van der Waals surface area (Å²) in [7, 11) is -4.02. The van der Waals surface area contributed by atoms with E-state index in [9.17, 15) is 18.0 Å². The molecule has 1 unspecified atom stereocenters. The predicted octanol–water partition coefficient (Wildman–Crippen LogP) is 2.45. The zero-order valence-corrected chi connectivity index (χ0v) is 18.3. The van der Waals surface area contributed by atoms with Gasteiger partial charge in [0.05, 0.1) is 17.1 Å². The number of esters is 1. The molecule has 1 aromatic rings. The summed E-state index contributed by atoms with van der Waals surface area (Å²) in [6.45, 7) is 11.7. The molecule has 0 saturated heterocycles. The molecule has 0 aliphatic heterocycles. The van der Waals surface area contributed by atoms with Crippen LogP contribution in [-0.4, -0.2) is 44.1 Å². The summed E-state index contributed by atoms with van der Waals surface area (Å²) in [6.07, 6.45) is 0. The monoisotopic (exact) mass is 414 g/mol. The van der Waals surface area contributed by atoms with Gasteiger partial charge < -0.3 is 14.8 Å². The summed E-state index contributed by atoms with van der Waals surface area (Å²) < 4.78 is 38.7. The SMILES string of the molecule is CC(=O)Nc1ccc(S(=O)(=O)NC(COC(C)(C)C)C(=O)OC(C)(C)C)cc1. The van der Waals surface area contributed by atoms with Gasteiger partial charge in [0.2, 0.25) is 15.9 Å². The standard InChI is InChI=1S/C19H30N2O6S/c1-13(22)20-14-8-10-15(11-9-14)28(24,25)21-16(12-26-18(2,3)4)17(23)27-19(5,6)7/h8-11,16,21H,12H2,1-7H3,(H,20,22). The zero-order chi connectivity index (χ0) is 21.8.